The van der Waals surface area contributed by atoms with Gasteiger partial charge in [-0.1, -0.05) is 30.3 Å². The number of pyridine rings is 1. The van der Waals surface area contributed by atoms with Crippen LogP contribution in [0, 0.1) is 0 Å². The number of hydrogen-bond donors (Lipinski definition) is 0. The van der Waals surface area contributed by atoms with E-state index in [1.54, 1.807) is 15.9 Å². The van der Waals surface area contributed by atoms with Gasteiger partial charge in [-0.05, 0) is 23.8 Å². The summed E-state index contributed by atoms with van der Waals surface area (Å²) in [6, 6.07) is 11.7. The van der Waals surface area contributed by atoms with Gasteiger partial charge >= 0.3 is 6.18 Å². The van der Waals surface area contributed by atoms with Crippen LogP contribution < -0.4 is 4.90 Å². The lowest BCUT2D eigenvalue weighted by atomic mass is 10.2. The Hall–Kier alpha value is -2.83. The van der Waals surface area contributed by atoms with E-state index in [1.165, 1.54) is 18.3 Å². The summed E-state index contributed by atoms with van der Waals surface area (Å²) in [5, 5.41) is 0. The molecule has 1 aromatic carbocycles. The molecule has 0 atom stereocenters. The van der Waals surface area contributed by atoms with Crippen molar-refractivity contribution < 1.29 is 18.0 Å². The van der Waals surface area contributed by atoms with Crippen LogP contribution in [0.3, 0.4) is 0 Å². The standard InChI is InChI=1S/C19H18F3N3O/c20-19(21,22)16-7-4-10-23-18(16)25-13-11-24(12-14-25)17(26)9-8-15-5-2-1-3-6-15/h1-10H,11-14H2. The molecule has 0 aliphatic carbocycles. The maximum absolute atomic E-state index is 13.1. The van der Waals surface area contributed by atoms with Gasteiger partial charge in [0.25, 0.3) is 0 Å². The summed E-state index contributed by atoms with van der Waals surface area (Å²) in [7, 11) is 0. The number of aromatic nitrogens is 1. The molecule has 0 bridgehead atoms. The molecule has 7 heteroatoms. The van der Waals surface area contributed by atoms with Crippen molar-refractivity contribution in [2.24, 2.45) is 0 Å². The first-order valence-electron chi connectivity index (χ1n) is 8.24. The minimum absolute atomic E-state index is 0.0769. The van der Waals surface area contributed by atoms with Gasteiger partial charge < -0.3 is 9.80 Å². The maximum atomic E-state index is 13.1. The molecule has 136 valence electrons. The highest BCUT2D eigenvalue weighted by molar-refractivity contribution is 5.91. The van der Waals surface area contributed by atoms with Crippen LogP contribution >= 0.6 is 0 Å². The van der Waals surface area contributed by atoms with E-state index in [2.05, 4.69) is 4.98 Å². The van der Waals surface area contributed by atoms with Crippen LogP contribution in [0.1, 0.15) is 11.1 Å². The van der Waals surface area contributed by atoms with Crippen LogP contribution in [-0.4, -0.2) is 42.0 Å². The average molecular weight is 361 g/mol. The number of halogens is 3. The summed E-state index contributed by atoms with van der Waals surface area (Å²) in [6.45, 7) is 1.33. The number of anilines is 1. The summed E-state index contributed by atoms with van der Waals surface area (Å²) in [4.78, 5) is 19.4. The Morgan fingerprint density at radius 3 is 2.35 bits per heavy atom. The van der Waals surface area contributed by atoms with Gasteiger partial charge in [0.15, 0.2) is 0 Å². The van der Waals surface area contributed by atoms with Crippen molar-refractivity contribution in [3.05, 3.63) is 65.9 Å². The number of hydrogen-bond acceptors (Lipinski definition) is 3. The lowest BCUT2D eigenvalue weighted by molar-refractivity contribution is -0.137. The zero-order chi connectivity index (χ0) is 18.6. The average Bonchev–Trinajstić information content (AvgIpc) is 2.66. The second-order valence-electron chi connectivity index (χ2n) is 5.93. The zero-order valence-electron chi connectivity index (χ0n) is 14.0. The molecule has 1 aliphatic rings. The molecular formula is C19H18F3N3O. The first-order chi connectivity index (χ1) is 12.4. The third-order valence-corrected chi connectivity index (χ3v) is 4.20. The predicted octanol–water partition coefficient (Wildman–Crippen LogP) is 3.46. The third-order valence-electron chi connectivity index (χ3n) is 4.20. The molecule has 2 heterocycles. The van der Waals surface area contributed by atoms with Crippen LogP contribution in [0.5, 0.6) is 0 Å². The molecule has 3 rings (SSSR count). The van der Waals surface area contributed by atoms with Crippen LogP contribution in [0.15, 0.2) is 54.7 Å². The van der Waals surface area contributed by atoms with Gasteiger partial charge in [0.2, 0.25) is 5.91 Å². The third kappa shape index (κ3) is 4.22. The fourth-order valence-corrected chi connectivity index (χ4v) is 2.85. The Morgan fingerprint density at radius 2 is 1.69 bits per heavy atom. The van der Waals surface area contributed by atoms with E-state index in [0.29, 0.717) is 26.2 Å². The van der Waals surface area contributed by atoms with Crippen LogP contribution in [-0.2, 0) is 11.0 Å². The summed E-state index contributed by atoms with van der Waals surface area (Å²) in [5.41, 5.74) is 0.173. The van der Waals surface area contributed by atoms with Crippen molar-refractivity contribution in [1.29, 1.82) is 0 Å². The molecule has 26 heavy (non-hydrogen) atoms. The molecule has 1 fully saturated rings. The minimum Gasteiger partial charge on any atom is -0.353 e. The fraction of sp³-hybridized carbons (Fsp3) is 0.263. The Balaban J connectivity index is 1.63. The van der Waals surface area contributed by atoms with E-state index in [9.17, 15) is 18.0 Å². The highest BCUT2D eigenvalue weighted by atomic mass is 19.4. The Bertz CT molecular complexity index is 782. The molecule has 0 radical (unpaired) electrons. The molecule has 0 N–H and O–H groups in total. The van der Waals surface area contributed by atoms with E-state index >= 15 is 0 Å². The molecular weight excluding hydrogens is 343 g/mol. The summed E-state index contributed by atoms with van der Waals surface area (Å²) >= 11 is 0. The van der Waals surface area contributed by atoms with E-state index in [0.717, 1.165) is 11.6 Å². The molecule has 0 saturated carbocycles. The second-order valence-corrected chi connectivity index (χ2v) is 5.93. The first-order valence-corrected chi connectivity index (χ1v) is 8.24. The van der Waals surface area contributed by atoms with E-state index < -0.39 is 11.7 Å². The van der Waals surface area contributed by atoms with Crippen molar-refractivity contribution in [3.8, 4) is 0 Å². The summed E-state index contributed by atoms with van der Waals surface area (Å²) in [6.07, 6.45) is 0.127. The lowest BCUT2D eigenvalue weighted by Crippen LogP contribution is -2.49. The first kappa shape index (κ1) is 18.0. The zero-order valence-corrected chi connectivity index (χ0v) is 14.0. The number of amides is 1. The number of benzene rings is 1. The van der Waals surface area contributed by atoms with Crippen molar-refractivity contribution in [3.63, 3.8) is 0 Å². The van der Waals surface area contributed by atoms with Gasteiger partial charge in [-0.15, -0.1) is 0 Å². The SMILES string of the molecule is O=C(C=Cc1ccccc1)N1CCN(c2ncccc2C(F)(F)F)CC1. The van der Waals surface area contributed by atoms with E-state index in [4.69, 9.17) is 0 Å². The van der Waals surface area contributed by atoms with Crippen LogP contribution in [0.4, 0.5) is 19.0 Å². The molecule has 0 spiro atoms. The fourth-order valence-electron chi connectivity index (χ4n) is 2.85. The number of nitrogens with zero attached hydrogens (tertiary/aromatic N) is 3. The summed E-state index contributed by atoms with van der Waals surface area (Å²) < 4.78 is 39.4. The highest BCUT2D eigenvalue weighted by Gasteiger charge is 2.36. The van der Waals surface area contributed by atoms with Gasteiger partial charge in [-0.2, -0.15) is 13.2 Å². The number of piperazine rings is 1. The van der Waals surface area contributed by atoms with Gasteiger partial charge in [0, 0.05) is 38.5 Å². The monoisotopic (exact) mass is 361 g/mol. The van der Waals surface area contributed by atoms with E-state index in [1.807, 2.05) is 30.3 Å². The predicted molar refractivity (Wildman–Crippen MR) is 93.5 cm³/mol. The normalized spacial score (nSPS) is 15.5. The van der Waals surface area contributed by atoms with Crippen molar-refractivity contribution in [2.45, 2.75) is 6.18 Å². The molecule has 2 aromatic rings. The van der Waals surface area contributed by atoms with Crippen molar-refractivity contribution in [2.75, 3.05) is 31.1 Å². The molecule has 1 aliphatic heterocycles. The van der Waals surface area contributed by atoms with Crippen LogP contribution in [0.25, 0.3) is 6.08 Å². The number of carbonyl (C=O) groups excluding carboxylic acids is 1. The number of carbonyl (C=O) groups is 1. The Morgan fingerprint density at radius 1 is 1.00 bits per heavy atom. The quantitative estimate of drug-likeness (QED) is 0.786. The molecule has 4 nitrogen and oxygen atoms in total. The van der Waals surface area contributed by atoms with Gasteiger partial charge in [0.05, 0.1) is 5.56 Å². The maximum Gasteiger partial charge on any atom is 0.419 e. The lowest BCUT2D eigenvalue weighted by Gasteiger charge is -2.35. The molecule has 1 amide bonds. The Kier molecular flexibility index (Phi) is 5.25. The smallest absolute Gasteiger partial charge is 0.353 e. The number of alkyl halides is 3. The van der Waals surface area contributed by atoms with Crippen molar-refractivity contribution in [1.82, 2.24) is 9.88 Å². The van der Waals surface area contributed by atoms with E-state index in [-0.39, 0.29) is 11.7 Å². The van der Waals surface area contributed by atoms with Crippen LogP contribution in [0.2, 0.25) is 0 Å². The molecule has 1 saturated heterocycles. The Labute approximate surface area is 149 Å². The largest absolute Gasteiger partial charge is 0.419 e. The second kappa shape index (κ2) is 7.59. The van der Waals surface area contributed by atoms with Gasteiger partial charge in [0.1, 0.15) is 5.82 Å². The number of rotatable bonds is 3. The summed E-state index contributed by atoms with van der Waals surface area (Å²) in [5.74, 6) is -0.225. The molecule has 1 aromatic heterocycles. The minimum atomic E-state index is -4.45. The topological polar surface area (TPSA) is 36.4 Å². The van der Waals surface area contributed by atoms with Gasteiger partial charge in [-0.25, -0.2) is 4.98 Å². The highest BCUT2D eigenvalue weighted by Crippen LogP contribution is 2.35. The van der Waals surface area contributed by atoms with Gasteiger partial charge in [-0.3, -0.25) is 4.79 Å². The van der Waals surface area contributed by atoms with Crippen molar-refractivity contribution >= 4 is 17.8 Å². The molecule has 0 unspecified atom stereocenters.